The number of rotatable bonds is 3. The summed E-state index contributed by atoms with van der Waals surface area (Å²) in [5.74, 6) is -0.796. The van der Waals surface area contributed by atoms with Crippen LogP contribution in [0.15, 0.2) is 63.5 Å². The number of methoxy groups -OCH3 is 1. The molecule has 1 aromatic heterocycles. The molecule has 0 bridgehead atoms. The van der Waals surface area contributed by atoms with Crippen LogP contribution in [0.25, 0.3) is 6.08 Å². The highest BCUT2D eigenvalue weighted by molar-refractivity contribution is 7.07. The number of hydrogen-bond donors (Lipinski definition) is 0. The molecule has 0 saturated carbocycles. The number of benzene rings is 2. The fraction of sp³-hybridized carbons (Fsp3) is 0.208. The van der Waals surface area contributed by atoms with Gasteiger partial charge in [0, 0.05) is 23.6 Å². The summed E-state index contributed by atoms with van der Waals surface area (Å²) >= 11 is 1.13. The molecule has 0 N–H and O–H groups in total. The van der Waals surface area contributed by atoms with Gasteiger partial charge >= 0.3 is 0 Å². The van der Waals surface area contributed by atoms with Gasteiger partial charge in [-0.2, -0.15) is 0 Å². The van der Waals surface area contributed by atoms with E-state index < -0.39 is 17.7 Å². The van der Waals surface area contributed by atoms with E-state index in [1.165, 1.54) is 16.7 Å². The number of hydrogen-bond acceptors (Lipinski definition) is 5. The fourth-order valence-corrected chi connectivity index (χ4v) is 5.18. The molecule has 5 nitrogen and oxygen atoms in total. The number of carbonyl (C=O) groups excluding carboxylic acids is 1. The van der Waals surface area contributed by atoms with Crippen LogP contribution in [-0.4, -0.2) is 17.5 Å². The van der Waals surface area contributed by atoms with Gasteiger partial charge < -0.3 is 4.74 Å². The van der Waals surface area contributed by atoms with E-state index in [0.717, 1.165) is 29.0 Å². The summed E-state index contributed by atoms with van der Waals surface area (Å²) in [5.41, 5.74) is 1.74. The lowest BCUT2D eigenvalue weighted by molar-refractivity contribution is -0.116. The maximum Gasteiger partial charge on any atom is 0.271 e. The molecule has 0 fully saturated rings. The molecule has 0 radical (unpaired) electrons. The second-order valence-electron chi connectivity index (χ2n) is 7.66. The summed E-state index contributed by atoms with van der Waals surface area (Å²) in [4.78, 5) is 31.4. The van der Waals surface area contributed by atoms with Crippen LogP contribution in [0.4, 0.5) is 8.78 Å². The third-order valence-electron chi connectivity index (χ3n) is 5.71. The molecule has 2 heterocycles. The van der Waals surface area contributed by atoms with Gasteiger partial charge in [0.25, 0.3) is 5.56 Å². The number of ether oxygens (including phenoxy) is 1. The number of ketones is 1. The molecule has 1 unspecified atom stereocenters. The van der Waals surface area contributed by atoms with Crippen LogP contribution in [0.5, 0.6) is 5.75 Å². The predicted molar refractivity (Wildman–Crippen MR) is 116 cm³/mol. The molecule has 2 aliphatic rings. The SMILES string of the molecule is COc1ccc(C2C3=C(CCCC3=O)N=c3s/c(=C/c4ccc(F)cc4F)c(=O)n32)cc1. The molecule has 0 saturated heterocycles. The monoisotopic (exact) mass is 452 g/mol. The molecule has 1 atom stereocenters. The highest BCUT2D eigenvalue weighted by Crippen LogP contribution is 2.36. The van der Waals surface area contributed by atoms with Crippen molar-refractivity contribution in [2.45, 2.75) is 25.3 Å². The molecule has 8 heteroatoms. The number of nitrogens with zero attached hydrogens (tertiary/aromatic N) is 2. The van der Waals surface area contributed by atoms with E-state index in [-0.39, 0.29) is 21.4 Å². The van der Waals surface area contributed by atoms with Crippen molar-refractivity contribution in [1.29, 1.82) is 0 Å². The largest absolute Gasteiger partial charge is 0.497 e. The predicted octanol–water partition coefficient (Wildman–Crippen LogP) is 3.26. The average Bonchev–Trinajstić information content (AvgIpc) is 3.09. The Morgan fingerprint density at radius 1 is 1.12 bits per heavy atom. The van der Waals surface area contributed by atoms with Gasteiger partial charge in [0.05, 0.1) is 23.4 Å². The molecule has 1 aliphatic carbocycles. The molecule has 3 aromatic rings. The van der Waals surface area contributed by atoms with Gasteiger partial charge in [0.2, 0.25) is 0 Å². The van der Waals surface area contributed by atoms with Crippen molar-refractivity contribution >= 4 is 23.2 Å². The molecule has 0 amide bonds. The van der Waals surface area contributed by atoms with Crippen LogP contribution in [0.1, 0.15) is 36.4 Å². The summed E-state index contributed by atoms with van der Waals surface area (Å²) in [6.45, 7) is 0. The number of fused-ring (bicyclic) bond motifs is 1. The van der Waals surface area contributed by atoms with Crippen LogP contribution in [0.3, 0.4) is 0 Å². The van der Waals surface area contributed by atoms with Crippen molar-refractivity contribution in [3.63, 3.8) is 0 Å². The van der Waals surface area contributed by atoms with E-state index in [4.69, 9.17) is 4.74 Å². The third kappa shape index (κ3) is 3.40. The Kier molecular flexibility index (Phi) is 5.09. The van der Waals surface area contributed by atoms with E-state index in [1.807, 2.05) is 12.1 Å². The van der Waals surface area contributed by atoms with E-state index in [9.17, 15) is 18.4 Å². The first-order valence-electron chi connectivity index (χ1n) is 10.1. The number of allylic oxidation sites excluding steroid dienone is 2. The lowest BCUT2D eigenvalue weighted by Crippen LogP contribution is -2.40. The van der Waals surface area contributed by atoms with Crippen molar-refractivity contribution in [2.24, 2.45) is 4.99 Å². The molecule has 5 rings (SSSR count). The molecular weight excluding hydrogens is 434 g/mol. The summed E-state index contributed by atoms with van der Waals surface area (Å²) in [6.07, 6.45) is 3.18. The average molecular weight is 452 g/mol. The van der Waals surface area contributed by atoms with Gasteiger partial charge in [0.1, 0.15) is 17.4 Å². The maximum absolute atomic E-state index is 14.2. The number of aromatic nitrogens is 1. The van der Waals surface area contributed by atoms with Gasteiger partial charge in [-0.15, -0.1) is 0 Å². The molecule has 162 valence electrons. The minimum atomic E-state index is -0.753. The molecule has 2 aromatic carbocycles. The summed E-state index contributed by atoms with van der Waals surface area (Å²) in [7, 11) is 1.57. The highest BCUT2D eigenvalue weighted by atomic mass is 32.1. The Labute approximate surface area is 185 Å². The third-order valence-corrected chi connectivity index (χ3v) is 6.69. The quantitative estimate of drug-likeness (QED) is 0.613. The minimum absolute atomic E-state index is 0.0188. The number of thiazole rings is 1. The number of halogens is 2. The number of carbonyl (C=O) groups is 1. The first kappa shape index (κ1) is 20.5. The zero-order valence-electron chi connectivity index (χ0n) is 17.1. The lowest BCUT2D eigenvalue weighted by atomic mass is 9.86. The Bertz CT molecular complexity index is 1450. The minimum Gasteiger partial charge on any atom is -0.497 e. The van der Waals surface area contributed by atoms with Gasteiger partial charge in [-0.3, -0.25) is 14.2 Å². The molecule has 0 spiro atoms. The van der Waals surface area contributed by atoms with Gasteiger partial charge in [-0.05, 0) is 48.7 Å². The summed E-state index contributed by atoms with van der Waals surface area (Å²) in [6, 6.07) is 9.83. The first-order chi connectivity index (χ1) is 15.5. The van der Waals surface area contributed by atoms with E-state index in [0.29, 0.717) is 41.1 Å². The molecular formula is C24H18F2N2O3S. The van der Waals surface area contributed by atoms with Gasteiger partial charge in [-0.25, -0.2) is 13.8 Å². The van der Waals surface area contributed by atoms with E-state index in [1.54, 1.807) is 19.2 Å². The topological polar surface area (TPSA) is 60.7 Å². The maximum atomic E-state index is 14.2. The zero-order chi connectivity index (χ0) is 22.4. The molecule has 1 aliphatic heterocycles. The second-order valence-corrected chi connectivity index (χ2v) is 8.67. The summed E-state index contributed by atoms with van der Waals surface area (Å²) in [5, 5.41) is 0. The highest BCUT2D eigenvalue weighted by Gasteiger charge is 2.34. The normalized spacial score (nSPS) is 18.3. The van der Waals surface area contributed by atoms with Crippen molar-refractivity contribution < 1.29 is 18.3 Å². The molecule has 32 heavy (non-hydrogen) atoms. The van der Waals surface area contributed by atoms with Crippen LogP contribution >= 0.6 is 11.3 Å². The standard InChI is InChI=1S/C24H18F2N2O3S/c1-31-16-9-6-13(7-10-16)22-21-18(3-2-4-19(21)29)27-24-28(22)23(30)20(32-24)11-14-5-8-15(25)12-17(14)26/h5-12,22H,2-4H2,1H3/b20-11+. The van der Waals surface area contributed by atoms with Crippen molar-refractivity contribution in [3.8, 4) is 5.75 Å². The Balaban J connectivity index is 1.74. The van der Waals surface area contributed by atoms with Crippen molar-refractivity contribution in [2.75, 3.05) is 7.11 Å². The fourth-order valence-electron chi connectivity index (χ4n) is 4.17. The van der Waals surface area contributed by atoms with Crippen LogP contribution in [0, 0.1) is 11.6 Å². The van der Waals surface area contributed by atoms with Crippen LogP contribution in [0.2, 0.25) is 0 Å². The van der Waals surface area contributed by atoms with Crippen LogP contribution < -0.4 is 19.6 Å². The lowest BCUT2D eigenvalue weighted by Gasteiger charge is -2.28. The van der Waals surface area contributed by atoms with Crippen molar-refractivity contribution in [3.05, 3.63) is 96.2 Å². The second kappa shape index (κ2) is 7.94. The zero-order valence-corrected chi connectivity index (χ0v) is 17.9. The van der Waals surface area contributed by atoms with E-state index >= 15 is 0 Å². The summed E-state index contributed by atoms with van der Waals surface area (Å²) < 4.78 is 34.5. The van der Waals surface area contributed by atoms with Gasteiger partial charge in [-0.1, -0.05) is 23.5 Å². The Hall–Kier alpha value is -3.39. The van der Waals surface area contributed by atoms with Crippen LogP contribution in [-0.2, 0) is 4.79 Å². The Morgan fingerprint density at radius 3 is 2.62 bits per heavy atom. The van der Waals surface area contributed by atoms with Crippen molar-refractivity contribution in [1.82, 2.24) is 4.57 Å². The first-order valence-corrected chi connectivity index (χ1v) is 10.9. The smallest absolute Gasteiger partial charge is 0.271 e. The number of Topliss-reactive ketones (excluding diaryl/α,β-unsaturated/α-hetero) is 1. The van der Waals surface area contributed by atoms with Gasteiger partial charge in [0.15, 0.2) is 10.6 Å². The Morgan fingerprint density at radius 2 is 1.91 bits per heavy atom. The van der Waals surface area contributed by atoms with E-state index in [2.05, 4.69) is 4.99 Å².